The van der Waals surface area contributed by atoms with Gasteiger partial charge in [0.2, 0.25) is 0 Å². The van der Waals surface area contributed by atoms with Crippen LogP contribution in [-0.4, -0.2) is 4.98 Å². The van der Waals surface area contributed by atoms with E-state index in [0.29, 0.717) is 4.90 Å². The van der Waals surface area contributed by atoms with E-state index in [0.717, 1.165) is 10.6 Å². The van der Waals surface area contributed by atoms with Gasteiger partial charge in [0, 0.05) is 17.1 Å². The molecule has 0 aliphatic carbocycles. The highest BCUT2D eigenvalue weighted by Crippen LogP contribution is 2.29. The number of nitrogens with zero attached hydrogens (tertiary/aromatic N) is 1. The van der Waals surface area contributed by atoms with Gasteiger partial charge in [0.15, 0.2) is 0 Å². The van der Waals surface area contributed by atoms with Gasteiger partial charge < -0.3 is 5.73 Å². The summed E-state index contributed by atoms with van der Waals surface area (Å²) in [5, 5.41) is 0.778. The lowest BCUT2D eigenvalue weighted by Gasteiger charge is -2.08. The molecule has 0 radical (unpaired) electrons. The quantitative estimate of drug-likeness (QED) is 0.905. The number of halogens is 1. The zero-order valence-corrected chi connectivity index (χ0v) is 10.2. The number of pyridine rings is 1. The van der Waals surface area contributed by atoms with E-state index in [2.05, 4.69) is 4.98 Å². The first-order chi connectivity index (χ1) is 8.16. The lowest BCUT2D eigenvalue weighted by molar-refractivity contribution is 0.596. The van der Waals surface area contributed by atoms with E-state index in [1.54, 1.807) is 12.3 Å². The van der Waals surface area contributed by atoms with Crippen molar-refractivity contribution in [2.45, 2.75) is 22.9 Å². The standard InChI is InChI=1S/C13H13FN2S/c1-9(15)10-5-6-12(11(14)8-10)17-13-4-2-3-7-16-13/h2-9H,15H2,1H3/t9-/m0/s1. The van der Waals surface area contributed by atoms with Gasteiger partial charge in [-0.15, -0.1) is 0 Å². The van der Waals surface area contributed by atoms with Crippen molar-refractivity contribution in [1.29, 1.82) is 0 Å². The second-order valence-electron chi connectivity index (χ2n) is 3.75. The Balaban J connectivity index is 2.23. The molecule has 0 aliphatic rings. The lowest BCUT2D eigenvalue weighted by atomic mass is 10.1. The first kappa shape index (κ1) is 12.1. The molecule has 1 aromatic heterocycles. The van der Waals surface area contributed by atoms with Gasteiger partial charge in [0.1, 0.15) is 10.8 Å². The largest absolute Gasteiger partial charge is 0.324 e. The lowest BCUT2D eigenvalue weighted by Crippen LogP contribution is -2.05. The van der Waals surface area contributed by atoms with Crippen LogP contribution in [0.15, 0.2) is 52.5 Å². The Labute approximate surface area is 104 Å². The summed E-state index contributed by atoms with van der Waals surface area (Å²) < 4.78 is 13.8. The molecule has 88 valence electrons. The highest BCUT2D eigenvalue weighted by molar-refractivity contribution is 7.99. The van der Waals surface area contributed by atoms with Gasteiger partial charge in [-0.3, -0.25) is 0 Å². The smallest absolute Gasteiger partial charge is 0.137 e. The second kappa shape index (κ2) is 5.29. The molecule has 0 unspecified atom stereocenters. The summed E-state index contributed by atoms with van der Waals surface area (Å²) in [6.45, 7) is 1.83. The van der Waals surface area contributed by atoms with Crippen molar-refractivity contribution in [3.63, 3.8) is 0 Å². The predicted molar refractivity (Wildman–Crippen MR) is 67.4 cm³/mol. The van der Waals surface area contributed by atoms with E-state index in [1.807, 2.05) is 31.2 Å². The maximum absolute atomic E-state index is 13.8. The van der Waals surface area contributed by atoms with Crippen molar-refractivity contribution in [3.05, 3.63) is 54.0 Å². The number of aromatic nitrogens is 1. The van der Waals surface area contributed by atoms with Crippen molar-refractivity contribution in [2.75, 3.05) is 0 Å². The van der Waals surface area contributed by atoms with Crippen LogP contribution in [0.2, 0.25) is 0 Å². The van der Waals surface area contributed by atoms with Crippen molar-refractivity contribution in [3.8, 4) is 0 Å². The topological polar surface area (TPSA) is 38.9 Å². The molecule has 17 heavy (non-hydrogen) atoms. The molecule has 0 aliphatic heterocycles. The molecule has 2 rings (SSSR count). The molecular weight excluding hydrogens is 235 g/mol. The van der Waals surface area contributed by atoms with Crippen LogP contribution < -0.4 is 5.73 Å². The fourth-order valence-electron chi connectivity index (χ4n) is 1.40. The molecule has 0 fully saturated rings. The average Bonchev–Trinajstić information content (AvgIpc) is 2.33. The van der Waals surface area contributed by atoms with Gasteiger partial charge in [0.25, 0.3) is 0 Å². The zero-order valence-electron chi connectivity index (χ0n) is 9.43. The number of rotatable bonds is 3. The minimum Gasteiger partial charge on any atom is -0.324 e. The van der Waals surface area contributed by atoms with E-state index in [1.165, 1.54) is 17.8 Å². The Bertz CT molecular complexity index is 500. The van der Waals surface area contributed by atoms with Crippen molar-refractivity contribution in [2.24, 2.45) is 5.73 Å². The van der Waals surface area contributed by atoms with E-state index in [4.69, 9.17) is 5.73 Å². The second-order valence-corrected chi connectivity index (χ2v) is 4.81. The van der Waals surface area contributed by atoms with E-state index in [-0.39, 0.29) is 11.9 Å². The molecule has 2 aromatic rings. The molecule has 0 amide bonds. The fraction of sp³-hybridized carbons (Fsp3) is 0.154. The Morgan fingerprint density at radius 1 is 1.29 bits per heavy atom. The third kappa shape index (κ3) is 3.05. The minimum atomic E-state index is -0.254. The third-order valence-electron chi connectivity index (χ3n) is 2.33. The summed E-state index contributed by atoms with van der Waals surface area (Å²) in [5.74, 6) is -0.254. The highest BCUT2D eigenvalue weighted by atomic mass is 32.2. The maximum atomic E-state index is 13.8. The average molecular weight is 248 g/mol. The molecule has 1 heterocycles. The zero-order chi connectivity index (χ0) is 12.3. The van der Waals surface area contributed by atoms with Crippen LogP contribution in [0.5, 0.6) is 0 Å². The number of nitrogens with two attached hydrogens (primary N) is 1. The summed E-state index contributed by atoms with van der Waals surface area (Å²) in [4.78, 5) is 4.71. The van der Waals surface area contributed by atoms with Gasteiger partial charge in [0.05, 0.1) is 0 Å². The van der Waals surface area contributed by atoms with Crippen LogP contribution in [-0.2, 0) is 0 Å². The van der Waals surface area contributed by atoms with Gasteiger partial charge in [-0.2, -0.15) is 0 Å². The number of hydrogen-bond acceptors (Lipinski definition) is 3. The molecule has 0 saturated heterocycles. The van der Waals surface area contributed by atoms with Gasteiger partial charge in [-0.1, -0.05) is 23.9 Å². The number of hydrogen-bond donors (Lipinski definition) is 1. The summed E-state index contributed by atoms with van der Waals surface area (Å²) in [6.07, 6.45) is 1.69. The van der Waals surface area contributed by atoms with Crippen LogP contribution in [0.4, 0.5) is 4.39 Å². The minimum absolute atomic E-state index is 0.154. The van der Waals surface area contributed by atoms with Gasteiger partial charge in [-0.05, 0) is 36.8 Å². The van der Waals surface area contributed by atoms with Crippen LogP contribution in [0, 0.1) is 5.82 Å². The van der Waals surface area contributed by atoms with E-state index < -0.39 is 0 Å². The van der Waals surface area contributed by atoms with Crippen molar-refractivity contribution < 1.29 is 4.39 Å². The molecule has 2 N–H and O–H groups in total. The molecule has 1 atom stereocenters. The Morgan fingerprint density at radius 3 is 2.71 bits per heavy atom. The molecule has 0 spiro atoms. The first-order valence-corrected chi connectivity index (χ1v) is 6.12. The molecule has 0 bridgehead atoms. The highest BCUT2D eigenvalue weighted by Gasteiger charge is 2.08. The Hall–Kier alpha value is -1.39. The van der Waals surface area contributed by atoms with Crippen molar-refractivity contribution in [1.82, 2.24) is 4.98 Å². The number of benzene rings is 1. The third-order valence-corrected chi connectivity index (χ3v) is 3.34. The van der Waals surface area contributed by atoms with E-state index in [9.17, 15) is 4.39 Å². The first-order valence-electron chi connectivity index (χ1n) is 5.31. The summed E-state index contributed by atoms with van der Waals surface area (Å²) in [7, 11) is 0. The van der Waals surface area contributed by atoms with Gasteiger partial charge >= 0.3 is 0 Å². The van der Waals surface area contributed by atoms with E-state index >= 15 is 0 Å². The molecule has 1 aromatic carbocycles. The van der Waals surface area contributed by atoms with Crippen LogP contribution in [0.3, 0.4) is 0 Å². The normalized spacial score (nSPS) is 12.4. The predicted octanol–water partition coefficient (Wildman–Crippen LogP) is 3.39. The van der Waals surface area contributed by atoms with Crippen LogP contribution in [0.25, 0.3) is 0 Å². The van der Waals surface area contributed by atoms with Crippen molar-refractivity contribution >= 4 is 11.8 Å². The molecule has 4 heteroatoms. The molecule has 2 nitrogen and oxygen atoms in total. The Morgan fingerprint density at radius 2 is 2.12 bits per heavy atom. The summed E-state index contributed by atoms with van der Waals surface area (Å²) >= 11 is 1.31. The maximum Gasteiger partial charge on any atom is 0.137 e. The summed E-state index contributed by atoms with van der Waals surface area (Å²) in [6, 6.07) is 10.5. The van der Waals surface area contributed by atoms with Crippen LogP contribution >= 0.6 is 11.8 Å². The van der Waals surface area contributed by atoms with Gasteiger partial charge in [-0.25, -0.2) is 9.37 Å². The monoisotopic (exact) mass is 248 g/mol. The molecular formula is C13H13FN2S. The summed E-state index contributed by atoms with van der Waals surface area (Å²) in [5.41, 5.74) is 6.50. The SMILES string of the molecule is C[C@H](N)c1ccc(Sc2ccccn2)c(F)c1. The fourth-order valence-corrected chi connectivity index (χ4v) is 2.18. The Kier molecular flexibility index (Phi) is 3.76. The van der Waals surface area contributed by atoms with Crippen LogP contribution in [0.1, 0.15) is 18.5 Å². The molecule has 0 saturated carbocycles.